The number of thiazole rings is 1. The van der Waals surface area contributed by atoms with Gasteiger partial charge in [-0.05, 0) is 37.0 Å². The van der Waals surface area contributed by atoms with E-state index in [4.69, 9.17) is 4.74 Å². The summed E-state index contributed by atoms with van der Waals surface area (Å²) in [5.74, 6) is -2.40. The van der Waals surface area contributed by atoms with Crippen molar-refractivity contribution in [3.8, 4) is 6.01 Å². The van der Waals surface area contributed by atoms with Crippen LogP contribution in [0.4, 0.5) is 8.78 Å². The van der Waals surface area contributed by atoms with Crippen molar-refractivity contribution in [1.29, 1.82) is 0 Å². The van der Waals surface area contributed by atoms with E-state index < -0.39 is 5.92 Å². The largest absolute Gasteiger partial charge is 0.463 e. The lowest BCUT2D eigenvalue weighted by Crippen LogP contribution is -2.27. The Morgan fingerprint density at radius 1 is 1.19 bits per heavy atom. The summed E-state index contributed by atoms with van der Waals surface area (Å²) in [6, 6.07) is 5.94. The van der Waals surface area contributed by atoms with Crippen LogP contribution in [0.1, 0.15) is 49.2 Å². The van der Waals surface area contributed by atoms with Crippen molar-refractivity contribution < 1.29 is 13.5 Å². The van der Waals surface area contributed by atoms with Gasteiger partial charge < -0.3 is 4.74 Å². The Balaban J connectivity index is 1.42. The zero-order valence-corrected chi connectivity index (χ0v) is 15.8. The number of hydrogen-bond donors (Lipinski definition) is 0. The molecule has 0 N–H and O–H groups in total. The van der Waals surface area contributed by atoms with Crippen LogP contribution in [0.15, 0.2) is 30.6 Å². The van der Waals surface area contributed by atoms with Crippen LogP contribution in [-0.4, -0.2) is 32.5 Å². The molecule has 0 aromatic carbocycles. The van der Waals surface area contributed by atoms with Crippen molar-refractivity contribution in [2.75, 3.05) is 6.61 Å². The fourth-order valence-electron chi connectivity index (χ4n) is 3.22. The van der Waals surface area contributed by atoms with Crippen LogP contribution in [0.5, 0.6) is 6.01 Å². The molecule has 8 heteroatoms. The fraction of sp³-hybridized carbons (Fsp3) is 0.474. The van der Waals surface area contributed by atoms with Crippen LogP contribution in [0.2, 0.25) is 0 Å². The first-order chi connectivity index (χ1) is 13.0. The highest BCUT2D eigenvalue weighted by molar-refractivity contribution is 7.18. The van der Waals surface area contributed by atoms with Crippen LogP contribution in [0.25, 0.3) is 10.3 Å². The summed E-state index contributed by atoms with van der Waals surface area (Å²) in [5.41, 5.74) is 1.69. The number of halogens is 2. The number of aromatic nitrogens is 4. The van der Waals surface area contributed by atoms with Gasteiger partial charge >= 0.3 is 6.01 Å². The molecule has 0 spiro atoms. The van der Waals surface area contributed by atoms with Gasteiger partial charge in [0.15, 0.2) is 0 Å². The molecular weight excluding hydrogens is 370 g/mol. The van der Waals surface area contributed by atoms with Gasteiger partial charge in [-0.15, -0.1) is 0 Å². The lowest BCUT2D eigenvalue weighted by atomic mass is 9.87. The second-order valence-corrected chi connectivity index (χ2v) is 7.98. The molecule has 0 radical (unpaired) electrons. The maximum atomic E-state index is 13.2. The monoisotopic (exact) mass is 390 g/mol. The van der Waals surface area contributed by atoms with Gasteiger partial charge in [-0.2, -0.15) is 4.98 Å². The molecule has 1 aliphatic rings. The molecule has 1 fully saturated rings. The summed E-state index contributed by atoms with van der Waals surface area (Å²) in [4.78, 5) is 18.5. The topological polar surface area (TPSA) is 60.8 Å². The molecule has 0 amide bonds. The third-order valence-electron chi connectivity index (χ3n) is 4.94. The van der Waals surface area contributed by atoms with E-state index in [1.54, 1.807) is 23.7 Å². The molecule has 3 heterocycles. The minimum Gasteiger partial charge on any atom is -0.463 e. The summed E-state index contributed by atoms with van der Waals surface area (Å²) < 4.78 is 32.2. The predicted molar refractivity (Wildman–Crippen MR) is 99.4 cm³/mol. The van der Waals surface area contributed by atoms with E-state index in [0.717, 1.165) is 21.0 Å². The normalized spacial score (nSPS) is 18.5. The minimum absolute atomic E-state index is 0.0112. The molecule has 0 saturated heterocycles. The van der Waals surface area contributed by atoms with E-state index in [1.807, 2.05) is 25.1 Å². The Morgan fingerprint density at radius 2 is 2.00 bits per heavy atom. The Hall–Kier alpha value is -2.22. The average molecular weight is 390 g/mol. The summed E-state index contributed by atoms with van der Waals surface area (Å²) in [7, 11) is 0. The molecule has 3 aromatic heterocycles. The highest BCUT2D eigenvalue weighted by atomic mass is 32.1. The first kappa shape index (κ1) is 18.2. The van der Waals surface area contributed by atoms with Gasteiger partial charge in [0.25, 0.3) is 0 Å². The smallest absolute Gasteiger partial charge is 0.316 e. The molecule has 1 saturated carbocycles. The third kappa shape index (κ3) is 4.21. The van der Waals surface area contributed by atoms with Crippen LogP contribution in [0, 0.1) is 5.92 Å². The molecule has 27 heavy (non-hydrogen) atoms. The molecule has 1 atom stereocenters. The lowest BCUT2D eigenvalue weighted by Gasteiger charge is -2.27. The SMILES string of the molecule is CC(c1ccnc(OCC2CCC(F)(F)CC2)n1)c1nc2cccnc2s1. The summed E-state index contributed by atoms with van der Waals surface area (Å²) in [5, 5.41) is 0.933. The number of ether oxygens (including phenoxy) is 1. The van der Waals surface area contributed by atoms with Crippen LogP contribution < -0.4 is 4.74 Å². The number of alkyl halides is 2. The number of pyridine rings is 1. The first-order valence-electron chi connectivity index (χ1n) is 9.05. The second-order valence-electron chi connectivity index (χ2n) is 6.98. The number of rotatable bonds is 5. The van der Waals surface area contributed by atoms with Gasteiger partial charge in [0.1, 0.15) is 15.4 Å². The van der Waals surface area contributed by atoms with Gasteiger partial charge in [-0.25, -0.2) is 23.7 Å². The summed E-state index contributed by atoms with van der Waals surface area (Å²) >= 11 is 1.55. The van der Waals surface area contributed by atoms with Crippen molar-refractivity contribution >= 4 is 21.7 Å². The molecular formula is C19H20F2N4OS. The maximum Gasteiger partial charge on any atom is 0.316 e. The Kier molecular flexibility index (Phi) is 4.99. The van der Waals surface area contributed by atoms with E-state index in [2.05, 4.69) is 19.9 Å². The van der Waals surface area contributed by atoms with Crippen LogP contribution >= 0.6 is 11.3 Å². The molecule has 142 valence electrons. The Morgan fingerprint density at radius 3 is 2.78 bits per heavy atom. The Labute approximate surface area is 159 Å². The van der Waals surface area contributed by atoms with E-state index in [-0.39, 0.29) is 30.7 Å². The number of hydrogen-bond acceptors (Lipinski definition) is 6. The molecule has 3 aromatic rings. The second kappa shape index (κ2) is 7.42. The zero-order valence-electron chi connectivity index (χ0n) is 14.9. The lowest BCUT2D eigenvalue weighted by molar-refractivity contribution is -0.0501. The molecule has 0 bridgehead atoms. The molecule has 1 unspecified atom stereocenters. The molecule has 4 rings (SSSR count). The van der Waals surface area contributed by atoms with Gasteiger partial charge in [-0.3, -0.25) is 0 Å². The van der Waals surface area contributed by atoms with Gasteiger partial charge in [0, 0.05) is 25.2 Å². The highest BCUT2D eigenvalue weighted by Gasteiger charge is 2.35. The van der Waals surface area contributed by atoms with Gasteiger partial charge in [0.05, 0.1) is 18.2 Å². The average Bonchev–Trinajstić information content (AvgIpc) is 3.11. The van der Waals surface area contributed by atoms with E-state index in [9.17, 15) is 8.78 Å². The quantitative estimate of drug-likeness (QED) is 0.624. The summed E-state index contributed by atoms with van der Waals surface area (Å²) in [6.07, 6.45) is 4.24. The highest BCUT2D eigenvalue weighted by Crippen LogP contribution is 2.36. The molecule has 0 aliphatic heterocycles. The predicted octanol–water partition coefficient (Wildman–Crippen LogP) is 4.84. The minimum atomic E-state index is -2.52. The number of nitrogens with zero attached hydrogens (tertiary/aromatic N) is 4. The standard InChI is InChI=1S/C19H20F2N4OS/c1-12(16-24-15-3-2-9-22-17(15)27-16)14-6-10-23-18(25-14)26-11-13-4-7-19(20,21)8-5-13/h2-3,6,9-10,12-13H,4-5,7-8,11H2,1H3. The maximum absolute atomic E-state index is 13.2. The first-order valence-corrected chi connectivity index (χ1v) is 9.87. The van der Waals surface area contributed by atoms with Crippen LogP contribution in [-0.2, 0) is 0 Å². The molecule has 5 nitrogen and oxygen atoms in total. The Bertz CT molecular complexity index is 890. The van der Waals surface area contributed by atoms with E-state index >= 15 is 0 Å². The van der Waals surface area contributed by atoms with Crippen molar-refractivity contribution in [1.82, 2.24) is 19.9 Å². The fourth-order valence-corrected chi connectivity index (χ4v) is 4.19. The number of fused-ring (bicyclic) bond motifs is 1. The van der Waals surface area contributed by atoms with Crippen LogP contribution in [0.3, 0.4) is 0 Å². The van der Waals surface area contributed by atoms with Crippen molar-refractivity contribution in [3.05, 3.63) is 41.3 Å². The van der Waals surface area contributed by atoms with E-state index in [1.165, 1.54) is 0 Å². The molecule has 1 aliphatic carbocycles. The van der Waals surface area contributed by atoms with Gasteiger partial charge in [0.2, 0.25) is 5.92 Å². The van der Waals surface area contributed by atoms with Crippen molar-refractivity contribution in [3.63, 3.8) is 0 Å². The van der Waals surface area contributed by atoms with E-state index in [0.29, 0.717) is 19.4 Å². The van der Waals surface area contributed by atoms with Gasteiger partial charge in [-0.1, -0.05) is 18.3 Å². The van der Waals surface area contributed by atoms with Crippen molar-refractivity contribution in [2.45, 2.75) is 44.4 Å². The van der Waals surface area contributed by atoms with Crippen molar-refractivity contribution in [2.24, 2.45) is 5.92 Å². The summed E-state index contributed by atoms with van der Waals surface area (Å²) in [6.45, 7) is 2.41. The third-order valence-corrected chi connectivity index (χ3v) is 6.10. The zero-order chi connectivity index (χ0) is 18.9.